The maximum Gasteiger partial charge on any atom is 0.0765 e. The molecule has 0 amide bonds. The van der Waals surface area contributed by atoms with E-state index in [4.69, 9.17) is 4.74 Å². The molecule has 0 aliphatic rings. The Hall–Kier alpha value is 0.0500. The summed E-state index contributed by atoms with van der Waals surface area (Å²) in [4.78, 5) is 1.07. The van der Waals surface area contributed by atoms with E-state index in [1.165, 1.54) is 0 Å². The molecule has 0 heterocycles. The van der Waals surface area contributed by atoms with Crippen molar-refractivity contribution in [2.24, 2.45) is 0 Å². The summed E-state index contributed by atoms with van der Waals surface area (Å²) in [5, 5.41) is 0. The highest BCUT2D eigenvalue weighted by Gasteiger charge is 1.84. The highest BCUT2D eigenvalue weighted by Crippen LogP contribution is 2.06. The molecule has 0 radical (unpaired) electrons. The van der Waals surface area contributed by atoms with Gasteiger partial charge in [-0.2, -0.15) is 0 Å². The maximum absolute atomic E-state index is 4.77. The summed E-state index contributed by atoms with van der Waals surface area (Å²) >= 11 is 1.63. The van der Waals surface area contributed by atoms with Gasteiger partial charge in [0.25, 0.3) is 0 Å². The van der Waals surface area contributed by atoms with E-state index < -0.39 is 0 Å². The van der Waals surface area contributed by atoms with Crippen molar-refractivity contribution in [1.29, 1.82) is 0 Å². The molecular weight excluding hydrogens is 108 g/mol. The first-order valence-electron chi connectivity index (χ1n) is 2.02. The van der Waals surface area contributed by atoms with Crippen LogP contribution in [0, 0.1) is 0 Å². The molecule has 7 heavy (non-hydrogen) atoms. The molecule has 0 spiro atoms. The predicted octanol–water partition coefficient (Wildman–Crippen LogP) is 1.51. The molecule has 0 aromatic rings. The fraction of sp³-hybridized carbons (Fsp3) is 0.600. The van der Waals surface area contributed by atoms with Gasteiger partial charge in [0.1, 0.15) is 0 Å². The van der Waals surface area contributed by atoms with E-state index in [1.54, 1.807) is 18.9 Å². The zero-order valence-corrected chi connectivity index (χ0v) is 5.55. The third kappa shape index (κ3) is 3.89. The summed E-state index contributed by atoms with van der Waals surface area (Å²) in [6.45, 7) is 4.37. The first kappa shape index (κ1) is 7.05. The van der Waals surface area contributed by atoms with E-state index in [9.17, 15) is 0 Å². The minimum atomic E-state index is 0.668. The van der Waals surface area contributed by atoms with Gasteiger partial charge in [-0.05, 0) is 6.26 Å². The van der Waals surface area contributed by atoms with E-state index in [-0.39, 0.29) is 0 Å². The van der Waals surface area contributed by atoms with Crippen LogP contribution >= 0.6 is 11.8 Å². The summed E-state index contributed by atoms with van der Waals surface area (Å²) < 4.78 is 4.77. The van der Waals surface area contributed by atoms with Crippen LogP contribution in [0.25, 0.3) is 0 Å². The van der Waals surface area contributed by atoms with Gasteiger partial charge >= 0.3 is 0 Å². The largest absolute Gasteiger partial charge is 0.380 e. The van der Waals surface area contributed by atoms with E-state index in [1.807, 2.05) is 6.26 Å². The van der Waals surface area contributed by atoms with Crippen molar-refractivity contribution in [3.8, 4) is 0 Å². The number of ether oxygens (including phenoxy) is 1. The normalized spacial score (nSPS) is 8.86. The minimum absolute atomic E-state index is 0.668. The van der Waals surface area contributed by atoms with Crippen LogP contribution in [0.2, 0.25) is 0 Å². The average molecular weight is 118 g/mol. The Kier molecular flexibility index (Phi) is 4.25. The zero-order chi connectivity index (χ0) is 5.70. The van der Waals surface area contributed by atoms with Crippen molar-refractivity contribution in [3.05, 3.63) is 11.5 Å². The van der Waals surface area contributed by atoms with Gasteiger partial charge in [-0.15, -0.1) is 11.8 Å². The highest BCUT2D eigenvalue weighted by molar-refractivity contribution is 8.02. The highest BCUT2D eigenvalue weighted by atomic mass is 32.2. The molecule has 2 heteroatoms. The van der Waals surface area contributed by atoms with Gasteiger partial charge in [0.15, 0.2) is 0 Å². The molecule has 0 saturated heterocycles. The molecular formula is C5H10OS. The molecule has 0 N–H and O–H groups in total. The Morgan fingerprint density at radius 1 is 1.86 bits per heavy atom. The van der Waals surface area contributed by atoms with Crippen molar-refractivity contribution in [3.63, 3.8) is 0 Å². The average Bonchev–Trinajstić information content (AvgIpc) is 1.68. The second-order valence-corrected chi connectivity index (χ2v) is 2.16. The first-order chi connectivity index (χ1) is 3.31. The summed E-state index contributed by atoms with van der Waals surface area (Å²) in [5.74, 6) is 0. The Morgan fingerprint density at radius 3 is 2.57 bits per heavy atom. The second-order valence-electron chi connectivity index (χ2n) is 1.18. The maximum atomic E-state index is 4.77. The van der Waals surface area contributed by atoms with Crippen LogP contribution in [-0.4, -0.2) is 20.0 Å². The number of hydrogen-bond acceptors (Lipinski definition) is 2. The molecule has 1 nitrogen and oxygen atoms in total. The fourth-order valence-corrected chi connectivity index (χ4v) is 0.456. The van der Waals surface area contributed by atoms with Crippen LogP contribution < -0.4 is 0 Å². The van der Waals surface area contributed by atoms with Crippen LogP contribution in [0.3, 0.4) is 0 Å². The van der Waals surface area contributed by atoms with Crippen molar-refractivity contribution < 1.29 is 4.74 Å². The van der Waals surface area contributed by atoms with Crippen LogP contribution in [0.15, 0.2) is 11.5 Å². The number of thioether (sulfide) groups is 1. The Bertz CT molecular complexity index is 61.1. The molecule has 0 rings (SSSR count). The lowest BCUT2D eigenvalue weighted by molar-refractivity contribution is 0.232. The molecule has 0 aromatic carbocycles. The molecule has 0 bridgehead atoms. The van der Waals surface area contributed by atoms with Crippen LogP contribution in [0.1, 0.15) is 0 Å². The van der Waals surface area contributed by atoms with Crippen molar-refractivity contribution in [1.82, 2.24) is 0 Å². The van der Waals surface area contributed by atoms with Gasteiger partial charge < -0.3 is 4.74 Å². The van der Waals surface area contributed by atoms with E-state index in [2.05, 4.69) is 6.58 Å². The van der Waals surface area contributed by atoms with Gasteiger partial charge in [0, 0.05) is 12.0 Å². The van der Waals surface area contributed by atoms with Crippen molar-refractivity contribution in [2.45, 2.75) is 0 Å². The van der Waals surface area contributed by atoms with Gasteiger partial charge in [-0.1, -0.05) is 6.58 Å². The lowest BCUT2D eigenvalue weighted by Gasteiger charge is -1.95. The monoisotopic (exact) mass is 118 g/mol. The number of methoxy groups -OCH3 is 1. The zero-order valence-electron chi connectivity index (χ0n) is 4.73. The van der Waals surface area contributed by atoms with Crippen LogP contribution in [0.4, 0.5) is 0 Å². The van der Waals surface area contributed by atoms with E-state index in [0.29, 0.717) is 6.61 Å². The molecule has 0 saturated carbocycles. The fourth-order valence-electron chi connectivity index (χ4n) is 0.220. The SMILES string of the molecule is C=C(COC)SC. The Labute approximate surface area is 48.7 Å². The number of rotatable bonds is 3. The smallest absolute Gasteiger partial charge is 0.0765 e. The Balaban J connectivity index is 3.00. The van der Waals surface area contributed by atoms with Gasteiger partial charge in [-0.25, -0.2) is 0 Å². The van der Waals surface area contributed by atoms with E-state index >= 15 is 0 Å². The van der Waals surface area contributed by atoms with Crippen molar-refractivity contribution in [2.75, 3.05) is 20.0 Å². The second kappa shape index (κ2) is 4.22. The molecule has 0 aliphatic heterocycles. The molecule has 0 aromatic heterocycles. The first-order valence-corrected chi connectivity index (χ1v) is 3.24. The predicted molar refractivity (Wildman–Crippen MR) is 34.5 cm³/mol. The molecule has 0 fully saturated rings. The van der Waals surface area contributed by atoms with Crippen LogP contribution in [0.5, 0.6) is 0 Å². The summed E-state index contributed by atoms with van der Waals surface area (Å²) in [5.41, 5.74) is 0. The molecule has 42 valence electrons. The third-order valence-electron chi connectivity index (χ3n) is 0.594. The molecule has 0 aliphatic carbocycles. The van der Waals surface area contributed by atoms with Crippen LogP contribution in [-0.2, 0) is 4.74 Å². The standard InChI is InChI=1S/C5H10OS/c1-5(7-3)4-6-2/h1,4H2,2-3H3. The van der Waals surface area contributed by atoms with E-state index in [0.717, 1.165) is 4.91 Å². The van der Waals surface area contributed by atoms with Gasteiger partial charge in [0.2, 0.25) is 0 Å². The van der Waals surface area contributed by atoms with Crippen molar-refractivity contribution >= 4 is 11.8 Å². The summed E-state index contributed by atoms with van der Waals surface area (Å²) in [7, 11) is 1.67. The summed E-state index contributed by atoms with van der Waals surface area (Å²) in [6, 6.07) is 0. The molecule has 0 unspecified atom stereocenters. The Morgan fingerprint density at radius 2 is 2.43 bits per heavy atom. The lowest BCUT2D eigenvalue weighted by Crippen LogP contribution is -1.86. The van der Waals surface area contributed by atoms with Gasteiger partial charge in [-0.3, -0.25) is 0 Å². The number of hydrogen-bond donors (Lipinski definition) is 0. The third-order valence-corrected chi connectivity index (χ3v) is 1.29. The summed E-state index contributed by atoms with van der Waals surface area (Å²) in [6.07, 6.45) is 1.99. The molecule has 0 atom stereocenters. The quantitative estimate of drug-likeness (QED) is 0.555. The topological polar surface area (TPSA) is 9.23 Å². The lowest BCUT2D eigenvalue weighted by atomic mass is 10.7. The minimum Gasteiger partial charge on any atom is -0.380 e. The van der Waals surface area contributed by atoms with Gasteiger partial charge in [0.05, 0.1) is 6.61 Å².